The van der Waals surface area contributed by atoms with E-state index < -0.39 is 0 Å². The highest BCUT2D eigenvalue weighted by molar-refractivity contribution is 4.86. The number of fused-ring (bicyclic) bond motifs is 1. The highest BCUT2D eigenvalue weighted by Crippen LogP contribution is 2.21. The van der Waals surface area contributed by atoms with Crippen molar-refractivity contribution in [1.29, 1.82) is 0 Å². The molecule has 1 atom stereocenters. The van der Waals surface area contributed by atoms with Gasteiger partial charge in [0.15, 0.2) is 0 Å². The number of nitrogens with zero attached hydrogens (tertiary/aromatic N) is 3. The molecule has 100 valence electrons. The van der Waals surface area contributed by atoms with Crippen LogP contribution < -0.4 is 0 Å². The molecule has 2 fully saturated rings. The molecule has 0 aromatic carbocycles. The Labute approximate surface area is 107 Å². The highest BCUT2D eigenvalue weighted by atomic mass is 15.3. The maximum Gasteiger partial charge on any atom is 0.0224 e. The molecule has 2 saturated heterocycles. The molecule has 0 saturated carbocycles. The predicted octanol–water partition coefficient (Wildman–Crippen LogP) is 1.50. The molecule has 0 bridgehead atoms. The van der Waals surface area contributed by atoms with Crippen LogP contribution in [0.1, 0.15) is 33.1 Å². The van der Waals surface area contributed by atoms with Crippen molar-refractivity contribution < 1.29 is 0 Å². The first-order valence-electron chi connectivity index (χ1n) is 7.52. The fraction of sp³-hybridized carbons (Fsp3) is 1.00. The van der Waals surface area contributed by atoms with Crippen molar-refractivity contribution in [2.75, 3.05) is 52.4 Å². The average molecular weight is 239 g/mol. The smallest absolute Gasteiger partial charge is 0.0224 e. The highest BCUT2D eigenvalue weighted by Gasteiger charge is 2.29. The summed E-state index contributed by atoms with van der Waals surface area (Å²) in [4.78, 5) is 7.92. The van der Waals surface area contributed by atoms with Crippen LogP contribution in [-0.2, 0) is 0 Å². The summed E-state index contributed by atoms with van der Waals surface area (Å²) < 4.78 is 0. The normalized spacial score (nSPS) is 26.6. The summed E-state index contributed by atoms with van der Waals surface area (Å²) >= 11 is 0. The fourth-order valence-electron chi connectivity index (χ4n) is 3.32. The molecule has 2 aliphatic rings. The third-order valence-corrected chi connectivity index (χ3v) is 4.51. The summed E-state index contributed by atoms with van der Waals surface area (Å²) in [7, 11) is 0. The van der Waals surface area contributed by atoms with Gasteiger partial charge < -0.3 is 9.80 Å². The largest absolute Gasteiger partial charge is 0.304 e. The van der Waals surface area contributed by atoms with Crippen molar-refractivity contribution >= 4 is 0 Å². The van der Waals surface area contributed by atoms with Crippen molar-refractivity contribution in [3.8, 4) is 0 Å². The lowest BCUT2D eigenvalue weighted by molar-refractivity contribution is 0.101. The Morgan fingerprint density at radius 1 is 1.12 bits per heavy atom. The van der Waals surface area contributed by atoms with Gasteiger partial charge in [-0.05, 0) is 52.0 Å². The third kappa shape index (κ3) is 3.67. The molecular formula is C14H29N3. The third-order valence-electron chi connectivity index (χ3n) is 4.51. The van der Waals surface area contributed by atoms with E-state index in [1.165, 1.54) is 71.6 Å². The zero-order valence-corrected chi connectivity index (χ0v) is 11.7. The van der Waals surface area contributed by atoms with Crippen LogP contribution in [0, 0.1) is 0 Å². The SMILES string of the molecule is CCN(CC)CCCN1CCN2CCC[C@H]2C1. The number of hydrogen-bond acceptors (Lipinski definition) is 3. The van der Waals surface area contributed by atoms with Gasteiger partial charge in [0.2, 0.25) is 0 Å². The second kappa shape index (κ2) is 6.72. The first kappa shape index (κ1) is 13.3. The summed E-state index contributed by atoms with van der Waals surface area (Å²) in [5.74, 6) is 0. The molecule has 0 radical (unpaired) electrons. The Kier molecular flexibility index (Phi) is 5.26. The summed E-state index contributed by atoms with van der Waals surface area (Å²) in [6.45, 7) is 14.8. The van der Waals surface area contributed by atoms with Crippen molar-refractivity contribution in [3.05, 3.63) is 0 Å². The van der Waals surface area contributed by atoms with Gasteiger partial charge >= 0.3 is 0 Å². The number of piperazine rings is 1. The second-order valence-electron chi connectivity index (χ2n) is 5.51. The Hall–Kier alpha value is -0.120. The van der Waals surface area contributed by atoms with Gasteiger partial charge in [0.1, 0.15) is 0 Å². The molecule has 0 amide bonds. The van der Waals surface area contributed by atoms with Crippen molar-refractivity contribution in [3.63, 3.8) is 0 Å². The van der Waals surface area contributed by atoms with Crippen LogP contribution in [0.25, 0.3) is 0 Å². The van der Waals surface area contributed by atoms with E-state index in [1.807, 2.05) is 0 Å². The first-order chi connectivity index (χ1) is 8.33. The Morgan fingerprint density at radius 3 is 2.71 bits per heavy atom. The van der Waals surface area contributed by atoms with E-state index in [-0.39, 0.29) is 0 Å². The summed E-state index contributed by atoms with van der Waals surface area (Å²) in [5, 5.41) is 0. The molecule has 0 N–H and O–H groups in total. The van der Waals surface area contributed by atoms with E-state index >= 15 is 0 Å². The molecule has 0 aliphatic carbocycles. The van der Waals surface area contributed by atoms with E-state index in [0.29, 0.717) is 0 Å². The van der Waals surface area contributed by atoms with E-state index in [2.05, 4.69) is 28.5 Å². The van der Waals surface area contributed by atoms with Gasteiger partial charge in [-0.1, -0.05) is 13.8 Å². The lowest BCUT2D eigenvalue weighted by atomic mass is 10.1. The molecule has 0 spiro atoms. The fourth-order valence-corrected chi connectivity index (χ4v) is 3.32. The van der Waals surface area contributed by atoms with Crippen LogP contribution in [-0.4, -0.2) is 73.1 Å². The lowest BCUT2D eigenvalue weighted by Gasteiger charge is -2.37. The van der Waals surface area contributed by atoms with E-state index in [9.17, 15) is 0 Å². The van der Waals surface area contributed by atoms with Crippen molar-refractivity contribution in [2.24, 2.45) is 0 Å². The van der Waals surface area contributed by atoms with Gasteiger partial charge in [-0.25, -0.2) is 0 Å². The molecule has 3 heteroatoms. The zero-order valence-electron chi connectivity index (χ0n) is 11.7. The van der Waals surface area contributed by atoms with Gasteiger partial charge in [0, 0.05) is 25.7 Å². The summed E-state index contributed by atoms with van der Waals surface area (Å²) in [6, 6.07) is 0.886. The van der Waals surface area contributed by atoms with E-state index in [0.717, 1.165) is 6.04 Å². The van der Waals surface area contributed by atoms with E-state index in [4.69, 9.17) is 0 Å². The molecular weight excluding hydrogens is 210 g/mol. The Balaban J connectivity index is 1.63. The lowest BCUT2D eigenvalue weighted by Crippen LogP contribution is -2.50. The van der Waals surface area contributed by atoms with Gasteiger partial charge in [-0.15, -0.1) is 0 Å². The molecule has 2 heterocycles. The maximum absolute atomic E-state index is 2.70. The minimum atomic E-state index is 0.886. The van der Waals surface area contributed by atoms with Gasteiger partial charge in [-0.2, -0.15) is 0 Å². The topological polar surface area (TPSA) is 9.72 Å². The van der Waals surface area contributed by atoms with Crippen LogP contribution >= 0.6 is 0 Å². The van der Waals surface area contributed by atoms with Crippen molar-refractivity contribution in [2.45, 2.75) is 39.2 Å². The monoisotopic (exact) mass is 239 g/mol. The molecule has 2 rings (SSSR count). The molecule has 2 aliphatic heterocycles. The number of hydrogen-bond donors (Lipinski definition) is 0. The zero-order chi connectivity index (χ0) is 12.1. The van der Waals surface area contributed by atoms with Crippen LogP contribution in [0.4, 0.5) is 0 Å². The average Bonchev–Trinajstić information content (AvgIpc) is 2.82. The van der Waals surface area contributed by atoms with Crippen LogP contribution in [0.3, 0.4) is 0 Å². The first-order valence-corrected chi connectivity index (χ1v) is 7.52. The molecule has 0 unspecified atom stereocenters. The predicted molar refractivity (Wildman–Crippen MR) is 73.4 cm³/mol. The maximum atomic E-state index is 2.70. The molecule has 0 aromatic rings. The second-order valence-corrected chi connectivity index (χ2v) is 5.51. The van der Waals surface area contributed by atoms with Crippen molar-refractivity contribution in [1.82, 2.24) is 14.7 Å². The van der Waals surface area contributed by atoms with Gasteiger partial charge in [0.05, 0.1) is 0 Å². The van der Waals surface area contributed by atoms with Crippen LogP contribution in [0.15, 0.2) is 0 Å². The molecule has 0 aromatic heterocycles. The minimum Gasteiger partial charge on any atom is -0.304 e. The molecule has 3 nitrogen and oxygen atoms in total. The van der Waals surface area contributed by atoms with Gasteiger partial charge in [0.25, 0.3) is 0 Å². The number of rotatable bonds is 6. The van der Waals surface area contributed by atoms with Gasteiger partial charge in [-0.3, -0.25) is 4.90 Å². The van der Waals surface area contributed by atoms with Crippen LogP contribution in [0.5, 0.6) is 0 Å². The summed E-state index contributed by atoms with van der Waals surface area (Å²) in [5.41, 5.74) is 0. The van der Waals surface area contributed by atoms with E-state index in [1.54, 1.807) is 0 Å². The Morgan fingerprint density at radius 2 is 1.94 bits per heavy atom. The summed E-state index contributed by atoms with van der Waals surface area (Å²) in [6.07, 6.45) is 4.21. The quantitative estimate of drug-likeness (QED) is 0.695. The Bertz CT molecular complexity index is 216. The van der Waals surface area contributed by atoms with Crippen LogP contribution in [0.2, 0.25) is 0 Å². The molecule has 17 heavy (non-hydrogen) atoms. The standard InChI is InChI=1S/C14H29N3/c1-3-15(4-2)8-6-9-16-11-12-17-10-5-7-14(17)13-16/h14H,3-13H2,1-2H3/t14-/m0/s1. The minimum absolute atomic E-state index is 0.886.